The Hall–Kier alpha value is -1.28. The van der Waals surface area contributed by atoms with E-state index in [1.54, 1.807) is 0 Å². The highest BCUT2D eigenvalue weighted by molar-refractivity contribution is 5.38. The average Bonchev–Trinajstić information content (AvgIpc) is 2.32. The van der Waals surface area contributed by atoms with Gasteiger partial charge in [0, 0.05) is 0 Å². The summed E-state index contributed by atoms with van der Waals surface area (Å²) < 4.78 is 76.9. The first-order chi connectivity index (χ1) is 10.0. The van der Waals surface area contributed by atoms with Crippen LogP contribution in [0.2, 0.25) is 0 Å². The van der Waals surface area contributed by atoms with Crippen LogP contribution in [0, 0.1) is 5.92 Å². The van der Waals surface area contributed by atoms with Crippen molar-refractivity contribution in [2.24, 2.45) is 11.7 Å². The zero-order valence-electron chi connectivity index (χ0n) is 11.4. The lowest BCUT2D eigenvalue weighted by Crippen LogP contribution is -2.37. The van der Waals surface area contributed by atoms with Crippen molar-refractivity contribution in [2.45, 2.75) is 43.8 Å². The average molecular weight is 327 g/mol. The molecule has 0 aliphatic heterocycles. The fourth-order valence-corrected chi connectivity index (χ4v) is 2.53. The maximum absolute atomic E-state index is 13.0. The number of aliphatic hydroxyl groups is 1. The molecule has 2 nitrogen and oxygen atoms in total. The zero-order chi connectivity index (χ0) is 16.7. The standard InChI is InChI=1S/C14H15F6NO/c15-13(16,17)8-4-5-9(10(6-8)14(18,19)20)11(21)12(22)7-2-1-3-7/h4-7,11-12,22H,1-3,21H2/t11-,12+/m1/s1. The van der Waals surface area contributed by atoms with Crippen LogP contribution in [0.5, 0.6) is 0 Å². The van der Waals surface area contributed by atoms with E-state index in [1.807, 2.05) is 0 Å². The van der Waals surface area contributed by atoms with Gasteiger partial charge in [0.1, 0.15) is 0 Å². The smallest absolute Gasteiger partial charge is 0.391 e. The van der Waals surface area contributed by atoms with Crippen molar-refractivity contribution in [3.05, 3.63) is 34.9 Å². The fourth-order valence-electron chi connectivity index (χ4n) is 2.53. The first-order valence-electron chi connectivity index (χ1n) is 6.74. The minimum Gasteiger partial charge on any atom is -0.391 e. The Morgan fingerprint density at radius 1 is 1.05 bits per heavy atom. The first-order valence-corrected chi connectivity index (χ1v) is 6.74. The monoisotopic (exact) mass is 327 g/mol. The van der Waals surface area contributed by atoms with Gasteiger partial charge in [0.05, 0.1) is 23.3 Å². The van der Waals surface area contributed by atoms with Crippen molar-refractivity contribution < 1.29 is 31.4 Å². The highest BCUT2D eigenvalue weighted by atomic mass is 19.4. The Kier molecular flexibility index (Phi) is 4.45. The third-order valence-electron chi connectivity index (χ3n) is 4.05. The summed E-state index contributed by atoms with van der Waals surface area (Å²) in [6.07, 6.45) is -8.91. The Bertz CT molecular complexity index is 535. The van der Waals surface area contributed by atoms with E-state index in [2.05, 4.69) is 0 Å². The van der Waals surface area contributed by atoms with E-state index in [0.29, 0.717) is 25.0 Å². The molecule has 8 heteroatoms. The number of benzene rings is 1. The van der Waals surface area contributed by atoms with Gasteiger partial charge in [0.2, 0.25) is 0 Å². The van der Waals surface area contributed by atoms with Crippen molar-refractivity contribution in [1.82, 2.24) is 0 Å². The number of aliphatic hydroxyl groups excluding tert-OH is 1. The second-order valence-electron chi connectivity index (χ2n) is 5.50. The molecule has 1 aliphatic rings. The van der Waals surface area contributed by atoms with Crippen molar-refractivity contribution in [1.29, 1.82) is 0 Å². The molecule has 1 aromatic carbocycles. The summed E-state index contributed by atoms with van der Waals surface area (Å²) in [7, 11) is 0. The topological polar surface area (TPSA) is 46.2 Å². The molecule has 0 spiro atoms. The van der Waals surface area contributed by atoms with E-state index in [-0.39, 0.29) is 12.0 Å². The minimum atomic E-state index is -4.98. The molecule has 0 bridgehead atoms. The number of alkyl halides is 6. The van der Waals surface area contributed by atoms with Crippen LogP contribution >= 0.6 is 0 Å². The molecular weight excluding hydrogens is 312 g/mol. The molecule has 1 aliphatic carbocycles. The molecule has 0 aromatic heterocycles. The molecule has 0 unspecified atom stereocenters. The molecule has 1 fully saturated rings. The first kappa shape index (κ1) is 17.1. The third kappa shape index (κ3) is 3.38. The number of rotatable bonds is 3. The second kappa shape index (κ2) is 5.73. The predicted molar refractivity (Wildman–Crippen MR) is 66.7 cm³/mol. The summed E-state index contributed by atoms with van der Waals surface area (Å²) in [6.45, 7) is 0. The van der Waals surface area contributed by atoms with Crippen molar-refractivity contribution in [2.75, 3.05) is 0 Å². The van der Waals surface area contributed by atoms with Crippen LogP contribution in [-0.2, 0) is 12.4 Å². The second-order valence-corrected chi connectivity index (χ2v) is 5.50. The summed E-state index contributed by atoms with van der Waals surface area (Å²) in [6, 6.07) is -0.0667. The summed E-state index contributed by atoms with van der Waals surface area (Å²) in [5.74, 6) is -0.210. The van der Waals surface area contributed by atoms with Crippen molar-refractivity contribution in [3.63, 3.8) is 0 Å². The molecule has 0 saturated heterocycles. The molecular formula is C14H15F6NO. The molecule has 0 heterocycles. The molecule has 1 aromatic rings. The number of halogens is 6. The van der Waals surface area contributed by atoms with Gasteiger partial charge in [-0.15, -0.1) is 0 Å². The van der Waals surface area contributed by atoms with Gasteiger partial charge in [-0.3, -0.25) is 0 Å². The van der Waals surface area contributed by atoms with Crippen LogP contribution < -0.4 is 5.73 Å². The Labute approximate surface area is 122 Å². The van der Waals surface area contributed by atoms with Gasteiger partial charge in [-0.25, -0.2) is 0 Å². The molecule has 0 amide bonds. The van der Waals surface area contributed by atoms with E-state index in [1.165, 1.54) is 0 Å². The number of hydrogen-bond donors (Lipinski definition) is 2. The summed E-state index contributed by atoms with van der Waals surface area (Å²) in [4.78, 5) is 0. The van der Waals surface area contributed by atoms with Gasteiger partial charge < -0.3 is 10.8 Å². The normalized spacial score (nSPS) is 19.6. The Morgan fingerprint density at radius 2 is 1.64 bits per heavy atom. The van der Waals surface area contributed by atoms with E-state index in [9.17, 15) is 31.4 Å². The highest BCUT2D eigenvalue weighted by Gasteiger charge is 2.41. The molecule has 1 saturated carbocycles. The maximum Gasteiger partial charge on any atom is 0.416 e. The number of nitrogens with two attached hydrogens (primary N) is 1. The van der Waals surface area contributed by atoms with Crippen molar-refractivity contribution in [3.8, 4) is 0 Å². The van der Waals surface area contributed by atoms with Crippen LogP contribution in [0.15, 0.2) is 18.2 Å². The molecule has 2 rings (SSSR count). The van der Waals surface area contributed by atoms with Gasteiger partial charge in [0.25, 0.3) is 0 Å². The van der Waals surface area contributed by atoms with Gasteiger partial charge >= 0.3 is 12.4 Å². The summed E-state index contributed by atoms with van der Waals surface area (Å²) in [5, 5.41) is 10.00. The highest BCUT2D eigenvalue weighted by Crippen LogP contribution is 2.41. The minimum absolute atomic E-state index is 0.0443. The van der Waals surface area contributed by atoms with Crippen LogP contribution in [0.1, 0.15) is 42.0 Å². The van der Waals surface area contributed by atoms with Crippen LogP contribution in [0.25, 0.3) is 0 Å². The third-order valence-corrected chi connectivity index (χ3v) is 4.05. The van der Waals surface area contributed by atoms with Gasteiger partial charge in [-0.2, -0.15) is 26.3 Å². The fraction of sp³-hybridized carbons (Fsp3) is 0.571. The summed E-state index contributed by atoms with van der Waals surface area (Å²) in [5.41, 5.74) is 2.32. The molecule has 0 radical (unpaired) electrons. The number of hydrogen-bond acceptors (Lipinski definition) is 2. The lowest BCUT2D eigenvalue weighted by molar-refractivity contribution is -0.143. The van der Waals surface area contributed by atoms with Crippen molar-refractivity contribution >= 4 is 0 Å². The molecule has 124 valence electrons. The SMILES string of the molecule is N[C@H](c1ccc(C(F)(F)F)cc1C(F)(F)F)[C@@H](O)C1CCC1. The Balaban J connectivity index is 2.41. The maximum atomic E-state index is 13.0. The van der Waals surface area contributed by atoms with E-state index in [0.717, 1.165) is 6.42 Å². The molecule has 22 heavy (non-hydrogen) atoms. The predicted octanol–water partition coefficient (Wildman–Crippen LogP) is 3.89. The quantitative estimate of drug-likeness (QED) is 0.828. The lowest BCUT2D eigenvalue weighted by atomic mass is 9.77. The van der Waals surface area contributed by atoms with E-state index >= 15 is 0 Å². The van der Waals surface area contributed by atoms with E-state index < -0.39 is 41.2 Å². The van der Waals surface area contributed by atoms with Gasteiger partial charge in [-0.05, 0) is 36.5 Å². The summed E-state index contributed by atoms with van der Waals surface area (Å²) >= 11 is 0. The Morgan fingerprint density at radius 3 is 2.05 bits per heavy atom. The zero-order valence-corrected chi connectivity index (χ0v) is 11.4. The van der Waals surface area contributed by atoms with Gasteiger partial charge in [-0.1, -0.05) is 12.5 Å². The van der Waals surface area contributed by atoms with Crippen LogP contribution in [0.4, 0.5) is 26.3 Å². The molecule has 2 atom stereocenters. The van der Waals surface area contributed by atoms with Gasteiger partial charge in [0.15, 0.2) is 0 Å². The van der Waals surface area contributed by atoms with Crippen LogP contribution in [-0.4, -0.2) is 11.2 Å². The molecule has 3 N–H and O–H groups in total. The van der Waals surface area contributed by atoms with Crippen LogP contribution in [0.3, 0.4) is 0 Å². The van der Waals surface area contributed by atoms with E-state index in [4.69, 9.17) is 5.73 Å². The largest absolute Gasteiger partial charge is 0.416 e. The lowest BCUT2D eigenvalue weighted by Gasteiger charge is -2.34.